The molecule has 0 aliphatic carbocycles. The Morgan fingerprint density at radius 1 is 1.45 bits per heavy atom. The van der Waals surface area contributed by atoms with E-state index in [0.717, 1.165) is 49.7 Å². The predicted octanol–water partition coefficient (Wildman–Crippen LogP) is 1.43. The summed E-state index contributed by atoms with van der Waals surface area (Å²) >= 11 is 1.45. The number of furan rings is 1. The summed E-state index contributed by atoms with van der Waals surface area (Å²) in [6.45, 7) is 6.01. The Morgan fingerprint density at radius 3 is 3.09 bits per heavy atom. The van der Waals surface area contributed by atoms with Crippen LogP contribution in [0.1, 0.15) is 16.9 Å². The third-order valence-corrected chi connectivity index (χ3v) is 4.54. The van der Waals surface area contributed by atoms with Crippen LogP contribution in [0.3, 0.4) is 0 Å². The van der Waals surface area contributed by atoms with Gasteiger partial charge in [-0.2, -0.15) is 0 Å². The van der Waals surface area contributed by atoms with Crippen LogP contribution in [-0.4, -0.2) is 55.1 Å². The molecule has 6 nitrogen and oxygen atoms in total. The maximum atomic E-state index is 12.1. The van der Waals surface area contributed by atoms with E-state index < -0.39 is 0 Å². The summed E-state index contributed by atoms with van der Waals surface area (Å²) in [7, 11) is 0. The summed E-state index contributed by atoms with van der Waals surface area (Å²) in [5, 5.41) is 8.86. The summed E-state index contributed by atoms with van der Waals surface area (Å²) in [6.07, 6.45) is 4.20. The molecule has 0 aromatic carbocycles. The van der Waals surface area contributed by atoms with Gasteiger partial charge in [-0.15, -0.1) is 11.3 Å². The van der Waals surface area contributed by atoms with E-state index >= 15 is 0 Å². The molecule has 1 aliphatic rings. The number of carbonyl (C=O) groups excluding carboxylic acids is 1. The minimum atomic E-state index is -0.105. The van der Waals surface area contributed by atoms with Crippen LogP contribution >= 0.6 is 11.3 Å². The van der Waals surface area contributed by atoms with Crippen molar-refractivity contribution in [3.8, 4) is 10.6 Å². The number of nitrogens with zero attached hydrogens (tertiary/aromatic N) is 2. The Bertz CT molecular complexity index is 590. The molecule has 1 fully saturated rings. The van der Waals surface area contributed by atoms with E-state index in [0.29, 0.717) is 12.2 Å². The van der Waals surface area contributed by atoms with Crippen molar-refractivity contribution in [2.75, 3.05) is 39.3 Å². The average Bonchev–Trinajstić information content (AvgIpc) is 3.22. The van der Waals surface area contributed by atoms with Gasteiger partial charge in [0.25, 0.3) is 5.91 Å². The largest absolute Gasteiger partial charge is 0.472 e. The molecular formula is C15H20N4O2S. The molecule has 2 aromatic rings. The van der Waals surface area contributed by atoms with Gasteiger partial charge in [0.05, 0.1) is 6.26 Å². The third-order valence-electron chi connectivity index (χ3n) is 3.65. The van der Waals surface area contributed by atoms with Crippen molar-refractivity contribution in [2.45, 2.75) is 6.42 Å². The van der Waals surface area contributed by atoms with Gasteiger partial charge < -0.3 is 20.0 Å². The third kappa shape index (κ3) is 3.94. The van der Waals surface area contributed by atoms with Gasteiger partial charge in [-0.1, -0.05) is 0 Å². The van der Waals surface area contributed by atoms with E-state index in [2.05, 4.69) is 20.5 Å². The van der Waals surface area contributed by atoms with Crippen molar-refractivity contribution in [3.63, 3.8) is 0 Å². The van der Waals surface area contributed by atoms with Gasteiger partial charge in [0.15, 0.2) is 0 Å². The second-order valence-corrected chi connectivity index (χ2v) is 6.11. The summed E-state index contributed by atoms with van der Waals surface area (Å²) in [5.74, 6) is -0.105. The van der Waals surface area contributed by atoms with Crippen molar-refractivity contribution in [3.05, 3.63) is 29.7 Å². The summed E-state index contributed by atoms with van der Waals surface area (Å²) in [6, 6.07) is 1.84. The van der Waals surface area contributed by atoms with Crippen LogP contribution in [0.15, 0.2) is 28.4 Å². The number of thiazole rings is 1. The molecule has 1 aliphatic heterocycles. The van der Waals surface area contributed by atoms with Crippen molar-refractivity contribution in [1.29, 1.82) is 0 Å². The highest BCUT2D eigenvalue weighted by Gasteiger charge is 2.13. The first-order valence-corrected chi connectivity index (χ1v) is 8.40. The molecule has 7 heteroatoms. The van der Waals surface area contributed by atoms with Gasteiger partial charge in [-0.3, -0.25) is 4.79 Å². The molecule has 0 radical (unpaired) electrons. The lowest BCUT2D eigenvalue weighted by molar-refractivity contribution is 0.0947. The first kappa shape index (κ1) is 15.2. The molecule has 2 aromatic heterocycles. The van der Waals surface area contributed by atoms with Gasteiger partial charge >= 0.3 is 0 Å². The molecule has 22 heavy (non-hydrogen) atoms. The Balaban J connectivity index is 1.42. The minimum absolute atomic E-state index is 0.105. The molecule has 0 spiro atoms. The zero-order valence-corrected chi connectivity index (χ0v) is 13.2. The van der Waals surface area contributed by atoms with E-state index in [4.69, 9.17) is 4.42 Å². The fourth-order valence-electron chi connectivity index (χ4n) is 2.43. The van der Waals surface area contributed by atoms with Gasteiger partial charge in [-0.25, -0.2) is 4.98 Å². The zero-order valence-electron chi connectivity index (χ0n) is 12.4. The average molecular weight is 320 g/mol. The molecule has 0 atom stereocenters. The lowest BCUT2D eigenvalue weighted by Crippen LogP contribution is -2.44. The maximum Gasteiger partial charge on any atom is 0.270 e. The quantitative estimate of drug-likeness (QED) is 0.788. The van der Waals surface area contributed by atoms with Crippen LogP contribution in [0.5, 0.6) is 0 Å². The maximum absolute atomic E-state index is 12.1. The number of nitrogens with one attached hydrogen (secondary N) is 2. The number of hydrogen-bond donors (Lipinski definition) is 2. The van der Waals surface area contributed by atoms with E-state index in [-0.39, 0.29) is 5.91 Å². The first-order valence-electron chi connectivity index (χ1n) is 7.52. The molecule has 2 N–H and O–H groups in total. The molecule has 3 rings (SSSR count). The van der Waals surface area contributed by atoms with Gasteiger partial charge in [0, 0.05) is 43.7 Å². The van der Waals surface area contributed by atoms with Crippen LogP contribution < -0.4 is 10.6 Å². The van der Waals surface area contributed by atoms with Crippen molar-refractivity contribution in [2.24, 2.45) is 0 Å². The second kappa shape index (κ2) is 7.53. The predicted molar refractivity (Wildman–Crippen MR) is 86.1 cm³/mol. The molecular weight excluding hydrogens is 300 g/mol. The SMILES string of the molecule is O=C(NCCCN1CCNCC1)c1csc(-c2ccoc2)n1. The summed E-state index contributed by atoms with van der Waals surface area (Å²) in [4.78, 5) is 18.8. The fourth-order valence-corrected chi connectivity index (χ4v) is 3.21. The minimum Gasteiger partial charge on any atom is -0.472 e. The summed E-state index contributed by atoms with van der Waals surface area (Å²) < 4.78 is 5.03. The highest BCUT2D eigenvalue weighted by molar-refractivity contribution is 7.13. The highest BCUT2D eigenvalue weighted by Crippen LogP contribution is 2.23. The van der Waals surface area contributed by atoms with Crippen LogP contribution in [-0.2, 0) is 0 Å². The van der Waals surface area contributed by atoms with E-state index in [1.54, 1.807) is 17.9 Å². The lowest BCUT2D eigenvalue weighted by atomic mass is 10.3. The van der Waals surface area contributed by atoms with Crippen molar-refractivity contribution < 1.29 is 9.21 Å². The fraction of sp³-hybridized carbons (Fsp3) is 0.467. The number of hydrogen-bond acceptors (Lipinski definition) is 6. The second-order valence-electron chi connectivity index (χ2n) is 5.25. The Morgan fingerprint density at radius 2 is 2.32 bits per heavy atom. The number of rotatable bonds is 6. The molecule has 118 valence electrons. The topological polar surface area (TPSA) is 70.4 Å². The van der Waals surface area contributed by atoms with E-state index in [1.807, 2.05) is 6.07 Å². The van der Waals surface area contributed by atoms with Crippen LogP contribution in [0.25, 0.3) is 10.6 Å². The van der Waals surface area contributed by atoms with Crippen molar-refractivity contribution in [1.82, 2.24) is 20.5 Å². The molecule has 1 amide bonds. The normalized spacial score (nSPS) is 15.8. The number of carbonyl (C=O) groups is 1. The van der Waals surface area contributed by atoms with Gasteiger partial charge in [0.2, 0.25) is 0 Å². The smallest absolute Gasteiger partial charge is 0.270 e. The van der Waals surface area contributed by atoms with Gasteiger partial charge in [0.1, 0.15) is 17.0 Å². The van der Waals surface area contributed by atoms with E-state index in [1.165, 1.54) is 11.3 Å². The van der Waals surface area contributed by atoms with Crippen LogP contribution in [0.4, 0.5) is 0 Å². The molecule has 0 saturated carbocycles. The molecule has 0 bridgehead atoms. The first-order chi connectivity index (χ1) is 10.8. The Kier molecular flexibility index (Phi) is 5.20. The number of aromatic nitrogens is 1. The Labute approximate surface area is 133 Å². The van der Waals surface area contributed by atoms with Crippen LogP contribution in [0.2, 0.25) is 0 Å². The monoisotopic (exact) mass is 320 g/mol. The number of amides is 1. The molecule has 1 saturated heterocycles. The van der Waals surface area contributed by atoms with Crippen molar-refractivity contribution >= 4 is 17.2 Å². The zero-order chi connectivity index (χ0) is 15.2. The molecule has 0 unspecified atom stereocenters. The van der Waals surface area contributed by atoms with E-state index in [9.17, 15) is 4.79 Å². The lowest BCUT2D eigenvalue weighted by Gasteiger charge is -2.26. The number of piperazine rings is 1. The van der Waals surface area contributed by atoms with Crippen LogP contribution in [0, 0.1) is 0 Å². The Hall–Kier alpha value is -1.70. The molecule has 3 heterocycles. The van der Waals surface area contributed by atoms with Gasteiger partial charge in [-0.05, 0) is 19.0 Å². The summed E-state index contributed by atoms with van der Waals surface area (Å²) in [5.41, 5.74) is 1.38. The standard InChI is InChI=1S/C15H20N4O2S/c20-14(17-3-1-6-19-7-4-16-5-8-19)13-11-22-15(18-13)12-2-9-21-10-12/h2,9-11,16H,1,3-8H2,(H,17,20). The highest BCUT2D eigenvalue weighted by atomic mass is 32.1.